The molecule has 0 N–H and O–H groups in total. The third-order valence-electron chi connectivity index (χ3n) is 9.08. The van der Waals surface area contributed by atoms with Crippen molar-refractivity contribution in [3.8, 4) is 0 Å². The van der Waals surface area contributed by atoms with Crippen molar-refractivity contribution in [2.45, 2.75) is 70.5 Å². The van der Waals surface area contributed by atoms with Gasteiger partial charge in [0.1, 0.15) is 0 Å². The lowest BCUT2D eigenvalue weighted by molar-refractivity contribution is -0.154. The highest BCUT2D eigenvalue weighted by molar-refractivity contribution is 9.08. The summed E-state index contributed by atoms with van der Waals surface area (Å²) in [5.41, 5.74) is 8.85. The average molecular weight is 742 g/mol. The molecular weight excluding hydrogens is 700 g/mol. The first-order chi connectivity index (χ1) is 23.3. The lowest BCUT2D eigenvalue weighted by Crippen LogP contribution is -2.31. The number of esters is 2. The van der Waals surface area contributed by atoms with Gasteiger partial charge in [-0.2, -0.15) is 0 Å². The number of benzene rings is 4. The minimum atomic E-state index is -0.887. The van der Waals surface area contributed by atoms with Crippen LogP contribution in [0.25, 0.3) is 0 Å². The maximum Gasteiger partial charge on any atom is 0.309 e. The number of cyclic esters (lactones) is 2. The van der Waals surface area contributed by atoms with Crippen molar-refractivity contribution in [3.05, 3.63) is 141 Å². The highest BCUT2D eigenvalue weighted by atomic mass is 79.9. The Morgan fingerprint density at radius 2 is 1.16 bits per heavy atom. The smallest absolute Gasteiger partial charge is 0.309 e. The van der Waals surface area contributed by atoms with Gasteiger partial charge in [-0.3, -0.25) is 9.59 Å². The molecule has 2 saturated heterocycles. The lowest BCUT2D eigenvalue weighted by Gasteiger charge is -2.29. The van der Waals surface area contributed by atoms with Gasteiger partial charge in [0.15, 0.2) is 23.3 Å². The summed E-state index contributed by atoms with van der Waals surface area (Å²) in [6, 6.07) is 20.4. The van der Waals surface area contributed by atoms with E-state index in [0.717, 1.165) is 35.7 Å². The third-order valence-corrected chi connectivity index (χ3v) is 9.73. The minimum absolute atomic E-state index is 0.0601. The van der Waals surface area contributed by atoms with Crippen LogP contribution in [-0.4, -0.2) is 25.2 Å². The van der Waals surface area contributed by atoms with Crippen LogP contribution in [0.3, 0.4) is 0 Å². The Labute approximate surface area is 294 Å². The minimum Gasteiger partial charge on any atom is -0.465 e. The number of alkyl halides is 1. The normalized spacial score (nSPS) is 18.7. The summed E-state index contributed by atoms with van der Waals surface area (Å²) >= 11 is 3.13. The Hall–Kier alpha value is -3.98. The van der Waals surface area contributed by atoms with Gasteiger partial charge in [0, 0.05) is 23.6 Å². The Balaban J connectivity index is 0.000000184. The molecule has 4 nitrogen and oxygen atoms in total. The van der Waals surface area contributed by atoms with Crippen LogP contribution in [0.2, 0.25) is 0 Å². The molecule has 2 fully saturated rings. The molecule has 49 heavy (non-hydrogen) atoms. The van der Waals surface area contributed by atoms with Gasteiger partial charge in [0.25, 0.3) is 0 Å². The van der Waals surface area contributed by atoms with E-state index in [-0.39, 0.29) is 23.8 Å². The van der Waals surface area contributed by atoms with Crippen molar-refractivity contribution >= 4 is 27.9 Å². The Morgan fingerprint density at radius 3 is 1.67 bits per heavy atom. The van der Waals surface area contributed by atoms with Crippen molar-refractivity contribution in [1.29, 1.82) is 0 Å². The van der Waals surface area contributed by atoms with Crippen LogP contribution in [-0.2, 0) is 30.8 Å². The number of hydrogen-bond acceptors (Lipinski definition) is 4. The van der Waals surface area contributed by atoms with Gasteiger partial charge in [-0.25, -0.2) is 17.6 Å². The summed E-state index contributed by atoms with van der Waals surface area (Å²) < 4.78 is 61.4. The van der Waals surface area contributed by atoms with Crippen LogP contribution < -0.4 is 0 Å². The number of rotatable bonds is 5. The van der Waals surface area contributed by atoms with Crippen molar-refractivity contribution in [3.63, 3.8) is 0 Å². The molecule has 0 amide bonds. The van der Waals surface area contributed by atoms with Crippen molar-refractivity contribution < 1.29 is 36.6 Å². The molecule has 0 bridgehead atoms. The number of hydrogen-bond donors (Lipinski definition) is 0. The van der Waals surface area contributed by atoms with E-state index in [2.05, 4.69) is 80.0 Å². The zero-order valence-corrected chi connectivity index (χ0v) is 29.7. The molecule has 4 aromatic carbocycles. The quantitative estimate of drug-likeness (QED) is 0.116. The molecule has 2 aliphatic heterocycles. The maximum absolute atomic E-state index is 13.4. The first kappa shape index (κ1) is 37.8. The molecule has 9 heteroatoms. The molecule has 1 unspecified atom stereocenters. The maximum atomic E-state index is 13.4. The third kappa shape index (κ3) is 10.8. The van der Waals surface area contributed by atoms with E-state index < -0.39 is 23.3 Å². The van der Waals surface area contributed by atoms with Crippen LogP contribution in [0.15, 0.2) is 72.8 Å². The standard InChI is InChI=1S/C20H20F2O2.C13H16O2.C7H5BrF2/c1-12-3-5-15(7-13(12)2)17-10-16(20(23)24-11-17)8-14-4-6-18(21)19(22)9-14;1-9-3-4-11(7-10(9)2)12-5-6-13(14)15-8-12;8-4-5-1-2-6(9)7(10)3-5/h3-7,9,16-17H,8,10-11H2,1-2H3;3-4,7,12H,5-6,8H2,1-2H3;1-3H,4H2/t16?,17-;12-;/m11./s1. The zero-order chi connectivity index (χ0) is 35.7. The van der Waals surface area contributed by atoms with E-state index in [1.807, 2.05) is 0 Å². The molecule has 0 aromatic heterocycles. The molecule has 0 aliphatic carbocycles. The highest BCUT2D eigenvalue weighted by Crippen LogP contribution is 2.33. The van der Waals surface area contributed by atoms with Crippen LogP contribution >= 0.6 is 15.9 Å². The van der Waals surface area contributed by atoms with E-state index in [0.29, 0.717) is 49.3 Å². The second-order valence-corrected chi connectivity index (χ2v) is 13.3. The van der Waals surface area contributed by atoms with Crippen molar-refractivity contribution in [2.24, 2.45) is 5.92 Å². The van der Waals surface area contributed by atoms with E-state index in [9.17, 15) is 27.2 Å². The summed E-state index contributed by atoms with van der Waals surface area (Å²) in [6.45, 7) is 9.27. The van der Waals surface area contributed by atoms with Crippen molar-refractivity contribution in [2.75, 3.05) is 13.2 Å². The van der Waals surface area contributed by atoms with Crippen LogP contribution in [0.5, 0.6) is 0 Å². The monoisotopic (exact) mass is 740 g/mol. The Morgan fingerprint density at radius 1 is 0.633 bits per heavy atom. The van der Waals surface area contributed by atoms with E-state index in [4.69, 9.17) is 9.47 Å². The van der Waals surface area contributed by atoms with E-state index >= 15 is 0 Å². The van der Waals surface area contributed by atoms with Crippen LogP contribution in [0.1, 0.15) is 75.6 Å². The average Bonchev–Trinajstić information content (AvgIpc) is 3.08. The van der Waals surface area contributed by atoms with Crippen LogP contribution in [0.4, 0.5) is 17.6 Å². The van der Waals surface area contributed by atoms with Gasteiger partial charge < -0.3 is 9.47 Å². The molecule has 0 spiro atoms. The summed E-state index contributed by atoms with van der Waals surface area (Å²) in [6.07, 6.45) is 2.48. The molecule has 3 atom stereocenters. The Kier molecular flexibility index (Phi) is 13.6. The van der Waals surface area contributed by atoms with Gasteiger partial charge >= 0.3 is 11.9 Å². The lowest BCUT2D eigenvalue weighted by atomic mass is 9.83. The fourth-order valence-corrected chi connectivity index (χ4v) is 6.07. The highest BCUT2D eigenvalue weighted by Gasteiger charge is 2.31. The van der Waals surface area contributed by atoms with Gasteiger partial charge in [-0.1, -0.05) is 64.5 Å². The molecule has 0 radical (unpaired) electrons. The molecular formula is C40H41BrF4O4. The molecule has 0 saturated carbocycles. The number of carbonyl (C=O) groups is 2. The van der Waals surface area contributed by atoms with Gasteiger partial charge in [-0.05, 0) is 116 Å². The molecule has 260 valence electrons. The first-order valence-electron chi connectivity index (χ1n) is 16.2. The SMILES string of the molecule is Cc1ccc([C@@H]2CCC(=O)OC2)cc1C.Cc1ccc([C@H]2COC(=O)C(Cc3ccc(F)c(F)c3)C2)cc1C.Fc1ccc(CBr)cc1F. The fraction of sp³-hybridized carbons (Fsp3) is 0.350. The topological polar surface area (TPSA) is 52.6 Å². The number of aryl methyl sites for hydroxylation is 4. The largest absolute Gasteiger partial charge is 0.465 e. The fourth-order valence-electron chi connectivity index (χ4n) is 5.72. The zero-order valence-electron chi connectivity index (χ0n) is 28.1. The van der Waals surface area contributed by atoms with Crippen LogP contribution in [0, 0.1) is 56.9 Å². The Bertz CT molecular complexity index is 1770. The van der Waals surface area contributed by atoms with Gasteiger partial charge in [-0.15, -0.1) is 0 Å². The summed E-state index contributed by atoms with van der Waals surface area (Å²) in [7, 11) is 0. The number of ether oxygens (including phenoxy) is 2. The number of carbonyl (C=O) groups excluding carboxylic acids is 2. The van der Waals surface area contributed by atoms with Crippen molar-refractivity contribution in [1.82, 2.24) is 0 Å². The second-order valence-electron chi connectivity index (χ2n) is 12.7. The second kappa shape index (κ2) is 17.6. The predicted octanol–water partition coefficient (Wildman–Crippen LogP) is 10.1. The molecule has 2 heterocycles. The molecule has 2 aliphatic rings. The van der Waals surface area contributed by atoms with Gasteiger partial charge in [0.05, 0.1) is 19.1 Å². The first-order valence-corrected chi connectivity index (χ1v) is 17.4. The van der Waals surface area contributed by atoms with E-state index in [1.165, 1.54) is 46.0 Å². The number of halogens is 5. The summed E-state index contributed by atoms with van der Waals surface area (Å²) in [5.74, 6) is -3.49. The summed E-state index contributed by atoms with van der Waals surface area (Å²) in [4.78, 5) is 23.0. The molecule has 4 aromatic rings. The van der Waals surface area contributed by atoms with Gasteiger partial charge in [0.2, 0.25) is 0 Å². The predicted molar refractivity (Wildman–Crippen MR) is 186 cm³/mol. The summed E-state index contributed by atoms with van der Waals surface area (Å²) in [5, 5.41) is 0.546. The van der Waals surface area contributed by atoms with E-state index in [1.54, 1.807) is 0 Å². The molecule has 6 rings (SSSR count).